The van der Waals surface area contributed by atoms with Gasteiger partial charge in [-0.2, -0.15) is 0 Å². The predicted molar refractivity (Wildman–Crippen MR) is 61.1 cm³/mol. The van der Waals surface area contributed by atoms with E-state index in [2.05, 4.69) is 4.98 Å². The zero-order chi connectivity index (χ0) is 11.7. The summed E-state index contributed by atoms with van der Waals surface area (Å²) in [6, 6.07) is 5.83. The van der Waals surface area contributed by atoms with Crippen LogP contribution in [0, 0.1) is 6.92 Å². The molecule has 4 heteroatoms. The molecular weight excluding hydrogens is 206 g/mol. The van der Waals surface area contributed by atoms with E-state index in [1.54, 1.807) is 6.20 Å². The molecule has 0 aliphatic carbocycles. The molecule has 4 N–H and O–H groups in total. The number of fused-ring (bicyclic) bond motifs is 1. The minimum absolute atomic E-state index is 0.459. The Kier molecular flexibility index (Phi) is 2.96. The van der Waals surface area contributed by atoms with Gasteiger partial charge in [-0.05, 0) is 19.1 Å². The van der Waals surface area contributed by atoms with Crippen LogP contribution in [0.3, 0.4) is 0 Å². The highest BCUT2D eigenvalue weighted by molar-refractivity contribution is 5.84. The zero-order valence-electron chi connectivity index (χ0n) is 9.01. The normalized spacial score (nSPS) is 15.2. The van der Waals surface area contributed by atoms with Crippen LogP contribution in [0.1, 0.15) is 17.2 Å². The summed E-state index contributed by atoms with van der Waals surface area (Å²) in [6.45, 7) is 1.50. The fourth-order valence-electron chi connectivity index (χ4n) is 1.81. The van der Waals surface area contributed by atoms with Crippen molar-refractivity contribution in [3.63, 3.8) is 0 Å². The molecule has 4 nitrogen and oxygen atoms in total. The number of aromatic nitrogens is 1. The summed E-state index contributed by atoms with van der Waals surface area (Å²) < 4.78 is 0. The molecule has 16 heavy (non-hydrogen) atoms. The lowest BCUT2D eigenvalue weighted by molar-refractivity contribution is -0.0145. The van der Waals surface area contributed by atoms with E-state index in [-0.39, 0.29) is 0 Å². The molecule has 0 aliphatic heterocycles. The van der Waals surface area contributed by atoms with Gasteiger partial charge in [0.05, 0.1) is 6.61 Å². The van der Waals surface area contributed by atoms with Crippen molar-refractivity contribution in [2.75, 3.05) is 6.61 Å². The van der Waals surface area contributed by atoms with E-state index in [1.807, 2.05) is 25.1 Å². The van der Waals surface area contributed by atoms with E-state index in [9.17, 15) is 10.2 Å². The molecule has 0 bridgehead atoms. The van der Waals surface area contributed by atoms with Crippen LogP contribution in [-0.4, -0.2) is 33.0 Å². The van der Waals surface area contributed by atoms with Crippen LogP contribution in [0.15, 0.2) is 24.4 Å². The molecule has 1 aromatic heterocycles. The van der Waals surface area contributed by atoms with Crippen LogP contribution >= 0.6 is 0 Å². The number of rotatable bonds is 3. The molecule has 86 valence electrons. The fraction of sp³-hybridized carbons (Fsp3) is 0.333. The highest BCUT2D eigenvalue weighted by Crippen LogP contribution is 2.26. The summed E-state index contributed by atoms with van der Waals surface area (Å²) in [7, 11) is 0. The van der Waals surface area contributed by atoms with Gasteiger partial charge in [-0.15, -0.1) is 0 Å². The molecule has 0 saturated heterocycles. The fourth-order valence-corrected chi connectivity index (χ4v) is 1.81. The van der Waals surface area contributed by atoms with Crippen LogP contribution in [0.2, 0.25) is 0 Å². The Bertz CT molecular complexity index is 492. The molecule has 0 radical (unpaired) electrons. The van der Waals surface area contributed by atoms with Crippen molar-refractivity contribution in [2.45, 2.75) is 19.1 Å². The van der Waals surface area contributed by atoms with Gasteiger partial charge in [-0.25, -0.2) is 0 Å². The third-order valence-electron chi connectivity index (χ3n) is 2.74. The van der Waals surface area contributed by atoms with Crippen molar-refractivity contribution >= 4 is 10.9 Å². The van der Waals surface area contributed by atoms with Crippen molar-refractivity contribution in [3.05, 3.63) is 35.5 Å². The summed E-state index contributed by atoms with van der Waals surface area (Å²) in [5.74, 6) is 0. The first-order valence-electron chi connectivity index (χ1n) is 5.18. The van der Waals surface area contributed by atoms with Gasteiger partial charge in [-0.3, -0.25) is 0 Å². The molecule has 2 atom stereocenters. The third-order valence-corrected chi connectivity index (χ3v) is 2.74. The highest BCUT2D eigenvalue weighted by atomic mass is 16.4. The van der Waals surface area contributed by atoms with Crippen LogP contribution in [0.5, 0.6) is 0 Å². The first kappa shape index (κ1) is 11.1. The number of hydrogen-bond acceptors (Lipinski definition) is 3. The lowest BCUT2D eigenvalue weighted by atomic mass is 10.0. The number of nitrogens with one attached hydrogen (secondary N) is 1. The lowest BCUT2D eigenvalue weighted by Gasteiger charge is -2.14. The van der Waals surface area contributed by atoms with E-state index < -0.39 is 18.8 Å². The van der Waals surface area contributed by atoms with Crippen LogP contribution in [0.4, 0.5) is 0 Å². The molecule has 0 fully saturated rings. The second kappa shape index (κ2) is 4.25. The molecular formula is C12H15NO3. The Balaban J connectivity index is 2.48. The average Bonchev–Trinajstić information content (AvgIpc) is 2.69. The third kappa shape index (κ3) is 1.82. The topological polar surface area (TPSA) is 76.5 Å². The maximum Gasteiger partial charge on any atom is 0.109 e. The lowest BCUT2D eigenvalue weighted by Crippen LogP contribution is -2.21. The van der Waals surface area contributed by atoms with Gasteiger partial charge in [0, 0.05) is 22.7 Å². The summed E-state index contributed by atoms with van der Waals surface area (Å²) in [5.41, 5.74) is 2.60. The van der Waals surface area contributed by atoms with Gasteiger partial charge in [0.1, 0.15) is 12.2 Å². The molecule has 1 aromatic carbocycles. The largest absolute Gasteiger partial charge is 0.394 e. The number of hydrogen-bond donors (Lipinski definition) is 4. The van der Waals surface area contributed by atoms with E-state index in [4.69, 9.17) is 5.11 Å². The Morgan fingerprint density at radius 3 is 2.75 bits per heavy atom. The zero-order valence-corrected chi connectivity index (χ0v) is 9.01. The quantitative estimate of drug-likeness (QED) is 0.621. The maximum atomic E-state index is 9.84. The van der Waals surface area contributed by atoms with E-state index >= 15 is 0 Å². The van der Waals surface area contributed by atoms with Gasteiger partial charge >= 0.3 is 0 Å². The smallest absolute Gasteiger partial charge is 0.109 e. The van der Waals surface area contributed by atoms with E-state index in [1.165, 1.54) is 0 Å². The van der Waals surface area contributed by atoms with Crippen molar-refractivity contribution < 1.29 is 15.3 Å². The van der Waals surface area contributed by atoms with Gasteiger partial charge < -0.3 is 20.3 Å². The summed E-state index contributed by atoms with van der Waals surface area (Å²) >= 11 is 0. The van der Waals surface area contributed by atoms with Gasteiger partial charge in [0.25, 0.3) is 0 Å². The van der Waals surface area contributed by atoms with Crippen LogP contribution < -0.4 is 0 Å². The number of aliphatic hydroxyl groups excluding tert-OH is 3. The standard InChI is InChI=1S/C12H15NO3/c1-7-2-3-10-8(4-7)9(5-13-10)12(16)11(15)6-14/h2-5,11-16H,6H2,1H3. The van der Waals surface area contributed by atoms with E-state index in [0.29, 0.717) is 5.56 Å². The van der Waals surface area contributed by atoms with Gasteiger partial charge in [-0.1, -0.05) is 11.6 Å². The van der Waals surface area contributed by atoms with Crippen molar-refractivity contribution in [1.29, 1.82) is 0 Å². The molecule has 2 rings (SSSR count). The number of benzene rings is 1. The monoisotopic (exact) mass is 221 g/mol. The minimum atomic E-state index is -1.15. The molecule has 0 saturated carbocycles. The summed E-state index contributed by atoms with van der Waals surface area (Å²) in [4.78, 5) is 3.02. The SMILES string of the molecule is Cc1ccc2[nH]cc(C(O)C(O)CO)c2c1. The highest BCUT2D eigenvalue weighted by Gasteiger charge is 2.20. The Hall–Kier alpha value is -1.36. The van der Waals surface area contributed by atoms with Crippen LogP contribution in [0.25, 0.3) is 10.9 Å². The molecule has 1 heterocycles. The van der Waals surface area contributed by atoms with Gasteiger partial charge in [0.15, 0.2) is 0 Å². The molecule has 2 unspecified atom stereocenters. The van der Waals surface area contributed by atoms with Gasteiger partial charge in [0.2, 0.25) is 0 Å². The van der Waals surface area contributed by atoms with Crippen molar-refractivity contribution in [2.24, 2.45) is 0 Å². The molecule has 0 spiro atoms. The van der Waals surface area contributed by atoms with Crippen molar-refractivity contribution in [3.8, 4) is 0 Å². The summed E-state index contributed by atoms with van der Waals surface area (Å²) in [6.07, 6.45) is -0.562. The first-order chi connectivity index (χ1) is 7.63. The second-order valence-corrected chi connectivity index (χ2v) is 3.99. The van der Waals surface area contributed by atoms with Crippen LogP contribution in [-0.2, 0) is 0 Å². The Morgan fingerprint density at radius 1 is 1.31 bits per heavy atom. The number of aryl methyl sites for hydroxylation is 1. The number of aliphatic hydroxyl groups is 3. The number of aromatic amines is 1. The minimum Gasteiger partial charge on any atom is -0.394 e. The van der Waals surface area contributed by atoms with Crippen molar-refractivity contribution in [1.82, 2.24) is 4.98 Å². The first-order valence-corrected chi connectivity index (χ1v) is 5.18. The maximum absolute atomic E-state index is 9.84. The Morgan fingerprint density at radius 2 is 2.06 bits per heavy atom. The molecule has 2 aromatic rings. The molecule has 0 amide bonds. The molecule has 0 aliphatic rings. The average molecular weight is 221 g/mol. The second-order valence-electron chi connectivity index (χ2n) is 3.99. The Labute approximate surface area is 93.2 Å². The van der Waals surface area contributed by atoms with E-state index in [0.717, 1.165) is 16.5 Å². The summed E-state index contributed by atoms with van der Waals surface area (Å²) in [5, 5.41) is 28.9. The predicted octanol–water partition coefficient (Wildman–Crippen LogP) is 0.863. The number of H-pyrrole nitrogens is 1.